The summed E-state index contributed by atoms with van der Waals surface area (Å²) in [5.74, 6) is -1.80. The monoisotopic (exact) mass is 308 g/mol. The molecule has 1 saturated heterocycles. The Morgan fingerprint density at radius 3 is 2.48 bits per heavy atom. The quantitative estimate of drug-likeness (QED) is 0.289. The Kier molecular flexibility index (Phi) is 6.45. The molecule has 0 aromatic rings. The van der Waals surface area contributed by atoms with Gasteiger partial charge in [0.2, 0.25) is 5.91 Å². The minimum absolute atomic E-state index is 0.433. The van der Waals surface area contributed by atoms with Crippen molar-refractivity contribution < 1.29 is 39.5 Å². The summed E-state index contributed by atoms with van der Waals surface area (Å²) in [6.45, 7) is 0.171. The van der Waals surface area contributed by atoms with Gasteiger partial charge in [-0.2, -0.15) is 0 Å². The smallest absolute Gasteiger partial charge is 0.322 e. The third kappa shape index (κ3) is 4.59. The maximum atomic E-state index is 11.1. The SMILES string of the molecule is CC(=O)NC1C(O)[C@@H](O)C(CO)O[C@H]1OC[C@H](N)C(=O)O. The largest absolute Gasteiger partial charge is 0.480 e. The van der Waals surface area contributed by atoms with Gasteiger partial charge < -0.3 is 41.0 Å². The maximum absolute atomic E-state index is 11.1. The van der Waals surface area contributed by atoms with Crippen LogP contribution in [-0.4, -0.2) is 82.2 Å². The molecule has 0 aromatic heterocycles. The third-order valence-electron chi connectivity index (χ3n) is 3.01. The summed E-state index contributed by atoms with van der Waals surface area (Å²) in [5.41, 5.74) is 5.28. The fourth-order valence-electron chi connectivity index (χ4n) is 1.88. The zero-order valence-corrected chi connectivity index (χ0v) is 11.4. The number of hydrogen-bond acceptors (Lipinski definition) is 8. The fraction of sp³-hybridized carbons (Fsp3) is 0.818. The summed E-state index contributed by atoms with van der Waals surface area (Å²) >= 11 is 0. The van der Waals surface area contributed by atoms with Gasteiger partial charge in [-0.05, 0) is 0 Å². The number of amides is 1. The van der Waals surface area contributed by atoms with E-state index >= 15 is 0 Å². The van der Waals surface area contributed by atoms with Crippen LogP contribution in [0.15, 0.2) is 0 Å². The van der Waals surface area contributed by atoms with Crippen LogP contribution in [0.1, 0.15) is 6.92 Å². The highest BCUT2D eigenvalue weighted by molar-refractivity contribution is 5.73. The molecule has 21 heavy (non-hydrogen) atoms. The molecule has 3 unspecified atom stereocenters. The van der Waals surface area contributed by atoms with Gasteiger partial charge in [-0.15, -0.1) is 0 Å². The van der Waals surface area contributed by atoms with Crippen molar-refractivity contribution in [3.8, 4) is 0 Å². The van der Waals surface area contributed by atoms with Gasteiger partial charge >= 0.3 is 5.97 Å². The van der Waals surface area contributed by atoms with E-state index in [1.807, 2.05) is 0 Å². The molecule has 0 bridgehead atoms. The number of aliphatic hydroxyl groups excluding tert-OH is 3. The molecule has 0 aliphatic carbocycles. The summed E-state index contributed by atoms with van der Waals surface area (Å²) in [4.78, 5) is 21.7. The predicted molar refractivity (Wildman–Crippen MR) is 66.9 cm³/mol. The number of carboxylic acid groups (broad SMARTS) is 1. The van der Waals surface area contributed by atoms with E-state index in [0.29, 0.717) is 0 Å². The van der Waals surface area contributed by atoms with Crippen molar-refractivity contribution in [1.82, 2.24) is 5.32 Å². The van der Waals surface area contributed by atoms with Crippen molar-refractivity contribution in [1.29, 1.82) is 0 Å². The van der Waals surface area contributed by atoms with Gasteiger partial charge in [0.05, 0.1) is 13.2 Å². The second-order valence-corrected chi connectivity index (χ2v) is 4.71. The number of nitrogens with two attached hydrogens (primary N) is 1. The average molecular weight is 308 g/mol. The molecule has 0 spiro atoms. The van der Waals surface area contributed by atoms with Gasteiger partial charge in [0.15, 0.2) is 6.29 Å². The molecule has 1 amide bonds. The molecule has 10 heteroatoms. The molecule has 0 saturated carbocycles. The topological polar surface area (TPSA) is 172 Å². The standard InChI is InChI=1S/C11H20N2O8/c1-4(15)13-7-9(17)8(16)6(2-14)21-11(7)20-3-5(12)10(18)19/h5-9,11,14,16-17H,2-3,12H2,1H3,(H,13,15)(H,18,19)/t5-,6?,7?,8-,9?,11+/m0/s1. The molecular weight excluding hydrogens is 288 g/mol. The number of rotatable bonds is 6. The first-order chi connectivity index (χ1) is 9.77. The third-order valence-corrected chi connectivity index (χ3v) is 3.01. The Morgan fingerprint density at radius 1 is 1.38 bits per heavy atom. The van der Waals surface area contributed by atoms with Crippen LogP contribution < -0.4 is 11.1 Å². The Morgan fingerprint density at radius 2 is 2.00 bits per heavy atom. The first-order valence-corrected chi connectivity index (χ1v) is 6.27. The molecule has 1 aliphatic heterocycles. The van der Waals surface area contributed by atoms with Crippen LogP contribution in [0, 0.1) is 0 Å². The van der Waals surface area contributed by atoms with Crippen molar-refractivity contribution in [2.45, 2.75) is 43.6 Å². The van der Waals surface area contributed by atoms with Gasteiger partial charge in [-0.1, -0.05) is 0 Å². The Balaban J connectivity index is 2.78. The summed E-state index contributed by atoms with van der Waals surface area (Å²) in [6.07, 6.45) is -5.27. The van der Waals surface area contributed by atoms with E-state index in [1.54, 1.807) is 0 Å². The molecule has 1 heterocycles. The number of carbonyl (C=O) groups excluding carboxylic acids is 1. The highest BCUT2D eigenvalue weighted by Crippen LogP contribution is 2.22. The molecule has 10 nitrogen and oxygen atoms in total. The first kappa shape index (κ1) is 17.8. The van der Waals surface area contributed by atoms with Crippen LogP contribution in [-0.2, 0) is 19.1 Å². The van der Waals surface area contributed by atoms with E-state index in [4.69, 9.17) is 25.4 Å². The van der Waals surface area contributed by atoms with Crippen molar-refractivity contribution in [2.24, 2.45) is 5.73 Å². The number of hydrogen-bond donors (Lipinski definition) is 6. The lowest BCUT2D eigenvalue weighted by molar-refractivity contribution is -0.270. The molecule has 0 aromatic carbocycles. The van der Waals surface area contributed by atoms with Crippen molar-refractivity contribution >= 4 is 11.9 Å². The van der Waals surface area contributed by atoms with Gasteiger partial charge in [-0.3, -0.25) is 9.59 Å². The van der Waals surface area contributed by atoms with Crippen molar-refractivity contribution in [2.75, 3.05) is 13.2 Å². The molecule has 1 rings (SSSR count). The lowest BCUT2D eigenvalue weighted by Gasteiger charge is -2.42. The van der Waals surface area contributed by atoms with Gasteiger partial charge in [0, 0.05) is 6.92 Å². The Bertz CT molecular complexity index is 379. The van der Waals surface area contributed by atoms with Gasteiger partial charge in [0.1, 0.15) is 30.4 Å². The second kappa shape index (κ2) is 7.64. The fourth-order valence-corrected chi connectivity index (χ4v) is 1.88. The molecule has 122 valence electrons. The molecule has 7 N–H and O–H groups in total. The van der Waals surface area contributed by atoms with Crippen LogP contribution in [0.25, 0.3) is 0 Å². The number of ether oxygens (including phenoxy) is 2. The summed E-state index contributed by atoms with van der Waals surface area (Å²) in [5, 5.41) is 39.8. The summed E-state index contributed by atoms with van der Waals surface area (Å²) in [7, 11) is 0. The van der Waals surface area contributed by atoms with Crippen LogP contribution in [0.5, 0.6) is 0 Å². The number of aliphatic hydroxyl groups is 3. The average Bonchev–Trinajstić information content (AvgIpc) is 2.42. The predicted octanol–water partition coefficient (Wildman–Crippen LogP) is -3.64. The van der Waals surface area contributed by atoms with E-state index in [1.165, 1.54) is 6.92 Å². The zero-order chi connectivity index (χ0) is 16.2. The lowest BCUT2D eigenvalue weighted by Crippen LogP contribution is -2.64. The lowest BCUT2D eigenvalue weighted by atomic mass is 9.97. The number of carboxylic acids is 1. The van der Waals surface area contributed by atoms with Crippen LogP contribution in [0.4, 0.5) is 0 Å². The highest BCUT2D eigenvalue weighted by atomic mass is 16.7. The highest BCUT2D eigenvalue weighted by Gasteiger charge is 2.45. The minimum atomic E-state index is -1.45. The Hall–Kier alpha value is -1.30. The Labute approximate surface area is 120 Å². The second-order valence-electron chi connectivity index (χ2n) is 4.71. The molecule has 0 radical (unpaired) electrons. The van der Waals surface area contributed by atoms with E-state index in [9.17, 15) is 19.8 Å². The van der Waals surface area contributed by atoms with Gasteiger partial charge in [0.25, 0.3) is 0 Å². The molecule has 6 atom stereocenters. The van der Waals surface area contributed by atoms with Crippen molar-refractivity contribution in [3.05, 3.63) is 0 Å². The normalized spacial score (nSPS) is 34.2. The summed E-state index contributed by atoms with van der Waals surface area (Å²) in [6, 6.07) is -2.44. The summed E-state index contributed by atoms with van der Waals surface area (Å²) < 4.78 is 10.4. The van der Waals surface area contributed by atoms with Crippen molar-refractivity contribution in [3.63, 3.8) is 0 Å². The number of nitrogens with one attached hydrogen (secondary N) is 1. The number of carbonyl (C=O) groups is 2. The van der Waals surface area contributed by atoms with E-state index in [2.05, 4.69) is 5.32 Å². The van der Waals surface area contributed by atoms with E-state index in [0.717, 1.165) is 0 Å². The van der Waals surface area contributed by atoms with Crippen LogP contribution in [0.3, 0.4) is 0 Å². The van der Waals surface area contributed by atoms with E-state index in [-0.39, 0.29) is 0 Å². The van der Waals surface area contributed by atoms with Gasteiger partial charge in [-0.25, -0.2) is 0 Å². The molecule has 1 fully saturated rings. The number of aliphatic carboxylic acids is 1. The molecule has 1 aliphatic rings. The minimum Gasteiger partial charge on any atom is -0.480 e. The van der Waals surface area contributed by atoms with Crippen LogP contribution >= 0.6 is 0 Å². The maximum Gasteiger partial charge on any atom is 0.322 e. The van der Waals surface area contributed by atoms with Crippen LogP contribution in [0.2, 0.25) is 0 Å². The zero-order valence-electron chi connectivity index (χ0n) is 11.4. The molecular formula is C11H20N2O8. The van der Waals surface area contributed by atoms with E-state index < -0.39 is 61.8 Å². The first-order valence-electron chi connectivity index (χ1n) is 6.27.